The molecule has 0 radical (unpaired) electrons. The molecule has 1 N–H and O–H groups in total. The Morgan fingerprint density at radius 1 is 0.421 bits per heavy atom. The van der Waals surface area contributed by atoms with Crippen molar-refractivity contribution in [1.82, 2.24) is 0 Å². The van der Waals surface area contributed by atoms with Gasteiger partial charge in [0.25, 0.3) is 0 Å². The minimum atomic E-state index is -1.13. The first-order valence-corrected chi connectivity index (χ1v) is 19.2. The van der Waals surface area contributed by atoms with Crippen LogP contribution < -0.4 is 23.7 Å². The van der Waals surface area contributed by atoms with Gasteiger partial charge in [-0.05, 0) is 45.5 Å². The smallest absolute Gasteiger partial charge is 0.162 e. The van der Waals surface area contributed by atoms with Gasteiger partial charge < -0.3 is 33.5 Å². The number of benzene rings is 7. The number of fused-ring (bicyclic) bond motifs is 1. The Labute approximate surface area is 333 Å². The van der Waals surface area contributed by atoms with Crippen LogP contribution >= 0.6 is 0 Å². The molecule has 0 fully saturated rings. The molecule has 286 valence electrons. The van der Waals surface area contributed by atoms with E-state index in [9.17, 15) is 5.11 Å². The molecule has 0 aromatic heterocycles. The SMILES string of the molecule is OC1c2c(OCc3ccccc3)cc(OCc3ccccc3)cc2OC(c2ccc(OCc3ccccc3)c(OCc3ccccc3)c2)C1OCc1ccccc1. The Hall–Kier alpha value is -6.54. The minimum Gasteiger partial charge on any atom is -0.489 e. The molecule has 3 unspecified atom stereocenters. The summed E-state index contributed by atoms with van der Waals surface area (Å²) in [5.41, 5.74) is 6.27. The van der Waals surface area contributed by atoms with Crippen LogP contribution in [0.4, 0.5) is 0 Å². The maximum Gasteiger partial charge on any atom is 0.162 e. The third kappa shape index (κ3) is 9.65. The van der Waals surface area contributed by atoms with E-state index in [1.54, 1.807) is 0 Å². The Bertz CT molecular complexity index is 2300. The fraction of sp³-hybridized carbons (Fsp3) is 0.160. The lowest BCUT2D eigenvalue weighted by molar-refractivity contribution is -0.117. The van der Waals surface area contributed by atoms with E-state index in [1.165, 1.54) is 0 Å². The molecule has 1 aliphatic rings. The van der Waals surface area contributed by atoms with Gasteiger partial charge in [0, 0.05) is 12.1 Å². The van der Waals surface area contributed by atoms with Crippen molar-refractivity contribution in [2.75, 3.05) is 0 Å². The zero-order valence-electron chi connectivity index (χ0n) is 31.5. The lowest BCUT2D eigenvalue weighted by Crippen LogP contribution is -2.37. The van der Waals surface area contributed by atoms with E-state index in [-0.39, 0.29) is 13.2 Å². The average Bonchev–Trinajstić information content (AvgIpc) is 3.27. The maximum atomic E-state index is 12.4. The molecule has 0 aliphatic carbocycles. The summed E-state index contributed by atoms with van der Waals surface area (Å²) in [7, 11) is 0. The van der Waals surface area contributed by atoms with Crippen LogP contribution in [0.25, 0.3) is 0 Å². The third-order valence-electron chi connectivity index (χ3n) is 9.78. The summed E-state index contributed by atoms with van der Waals surface area (Å²) in [6, 6.07) is 59.2. The summed E-state index contributed by atoms with van der Waals surface area (Å²) < 4.78 is 39.1. The van der Waals surface area contributed by atoms with Gasteiger partial charge in [-0.2, -0.15) is 0 Å². The van der Waals surface area contributed by atoms with Crippen molar-refractivity contribution in [3.63, 3.8) is 0 Å². The van der Waals surface area contributed by atoms with Crippen molar-refractivity contribution in [3.8, 4) is 28.7 Å². The normalized spacial score (nSPS) is 15.8. The Balaban J connectivity index is 1.16. The van der Waals surface area contributed by atoms with Crippen LogP contribution in [0, 0.1) is 0 Å². The highest BCUT2D eigenvalue weighted by Gasteiger charge is 2.42. The highest BCUT2D eigenvalue weighted by atomic mass is 16.6. The first-order chi connectivity index (χ1) is 28.2. The highest BCUT2D eigenvalue weighted by Crippen LogP contribution is 2.50. The van der Waals surface area contributed by atoms with Gasteiger partial charge in [0.2, 0.25) is 0 Å². The quantitative estimate of drug-likeness (QED) is 0.105. The molecule has 0 amide bonds. The molecule has 8 rings (SSSR count). The molecule has 0 bridgehead atoms. The molecule has 1 aliphatic heterocycles. The number of ether oxygens (including phenoxy) is 6. The van der Waals surface area contributed by atoms with Crippen molar-refractivity contribution >= 4 is 0 Å². The number of aliphatic hydroxyl groups is 1. The van der Waals surface area contributed by atoms with E-state index in [0.29, 0.717) is 54.1 Å². The van der Waals surface area contributed by atoms with Gasteiger partial charge in [0.1, 0.15) is 55.9 Å². The molecule has 3 atom stereocenters. The second kappa shape index (κ2) is 18.4. The zero-order valence-corrected chi connectivity index (χ0v) is 31.5. The van der Waals surface area contributed by atoms with E-state index in [1.807, 2.05) is 182 Å². The van der Waals surface area contributed by atoms with Crippen LogP contribution in [0.2, 0.25) is 0 Å². The molecule has 57 heavy (non-hydrogen) atoms. The summed E-state index contributed by atoms with van der Waals surface area (Å²) in [4.78, 5) is 0. The minimum absolute atomic E-state index is 0.256. The van der Waals surface area contributed by atoms with Crippen LogP contribution in [-0.4, -0.2) is 11.2 Å². The Kier molecular flexibility index (Phi) is 12.1. The lowest BCUT2D eigenvalue weighted by Gasteiger charge is -2.38. The fourth-order valence-corrected chi connectivity index (χ4v) is 6.79. The second-order valence-corrected chi connectivity index (χ2v) is 13.9. The maximum absolute atomic E-state index is 12.4. The van der Waals surface area contributed by atoms with Gasteiger partial charge >= 0.3 is 0 Å². The topological polar surface area (TPSA) is 75.6 Å². The van der Waals surface area contributed by atoms with Gasteiger partial charge in [-0.1, -0.05) is 158 Å². The predicted octanol–water partition coefficient (Wildman–Crippen LogP) is 10.8. The summed E-state index contributed by atoms with van der Waals surface area (Å²) >= 11 is 0. The van der Waals surface area contributed by atoms with Gasteiger partial charge in [0.15, 0.2) is 17.6 Å². The molecule has 0 saturated carbocycles. The van der Waals surface area contributed by atoms with Crippen LogP contribution in [0.1, 0.15) is 51.2 Å². The molecular weight excluding hydrogens is 713 g/mol. The van der Waals surface area contributed by atoms with Crippen molar-refractivity contribution < 1.29 is 33.5 Å². The van der Waals surface area contributed by atoms with E-state index in [2.05, 4.69) is 0 Å². The van der Waals surface area contributed by atoms with E-state index in [4.69, 9.17) is 28.4 Å². The van der Waals surface area contributed by atoms with Crippen LogP contribution in [0.15, 0.2) is 182 Å². The molecule has 7 aromatic carbocycles. The van der Waals surface area contributed by atoms with Crippen LogP contribution in [0.3, 0.4) is 0 Å². The number of hydrogen-bond acceptors (Lipinski definition) is 7. The summed E-state index contributed by atoms with van der Waals surface area (Å²) in [5, 5.41) is 12.4. The van der Waals surface area contributed by atoms with Gasteiger partial charge in [-0.15, -0.1) is 0 Å². The molecule has 7 aromatic rings. The molecule has 7 heteroatoms. The van der Waals surface area contributed by atoms with Gasteiger partial charge in [0.05, 0.1) is 12.2 Å². The summed E-state index contributed by atoms with van der Waals surface area (Å²) in [6.07, 6.45) is -2.70. The van der Waals surface area contributed by atoms with E-state index >= 15 is 0 Å². The molecular formula is C50H44O7. The lowest BCUT2D eigenvalue weighted by atomic mass is 9.91. The molecule has 1 heterocycles. The molecule has 7 nitrogen and oxygen atoms in total. The van der Waals surface area contributed by atoms with Gasteiger partial charge in [-0.3, -0.25) is 0 Å². The largest absolute Gasteiger partial charge is 0.489 e. The average molecular weight is 757 g/mol. The first-order valence-electron chi connectivity index (χ1n) is 19.2. The Morgan fingerprint density at radius 3 is 1.37 bits per heavy atom. The van der Waals surface area contributed by atoms with Crippen LogP contribution in [-0.2, 0) is 37.8 Å². The van der Waals surface area contributed by atoms with E-state index < -0.39 is 18.3 Å². The fourth-order valence-electron chi connectivity index (χ4n) is 6.79. The predicted molar refractivity (Wildman–Crippen MR) is 219 cm³/mol. The first kappa shape index (κ1) is 37.4. The monoisotopic (exact) mass is 756 g/mol. The zero-order chi connectivity index (χ0) is 38.7. The van der Waals surface area contributed by atoms with Gasteiger partial charge in [-0.25, -0.2) is 0 Å². The number of hydrogen-bond donors (Lipinski definition) is 1. The number of aliphatic hydroxyl groups excluding tert-OH is 1. The number of rotatable bonds is 16. The molecule has 0 saturated heterocycles. The summed E-state index contributed by atoms with van der Waals surface area (Å²) in [6.45, 7) is 1.59. The summed E-state index contributed by atoms with van der Waals surface area (Å²) in [5.74, 6) is 2.58. The van der Waals surface area contributed by atoms with Crippen molar-refractivity contribution in [2.24, 2.45) is 0 Å². The second-order valence-electron chi connectivity index (χ2n) is 13.9. The highest BCUT2D eigenvalue weighted by molar-refractivity contribution is 5.55. The Morgan fingerprint density at radius 2 is 0.860 bits per heavy atom. The standard InChI is InChI=1S/C50H44O7/c51-48-47-45(55-34-39-22-12-4-13-23-39)29-42(52-31-36-16-6-1-7-17-36)30-46(47)57-49(50(48)56-35-40-24-14-5-15-25-40)41-26-27-43(53-32-37-18-8-2-9-19-37)44(28-41)54-33-38-20-10-3-11-21-38/h1-30,48-51H,31-35H2. The molecule has 0 spiro atoms. The van der Waals surface area contributed by atoms with Crippen molar-refractivity contribution in [1.29, 1.82) is 0 Å². The third-order valence-corrected chi connectivity index (χ3v) is 9.78. The van der Waals surface area contributed by atoms with Crippen molar-refractivity contribution in [2.45, 2.75) is 51.3 Å². The van der Waals surface area contributed by atoms with Crippen LogP contribution in [0.5, 0.6) is 28.7 Å². The van der Waals surface area contributed by atoms with Crippen molar-refractivity contribution in [3.05, 3.63) is 221 Å². The van der Waals surface area contributed by atoms with E-state index in [0.717, 1.165) is 33.4 Å².